The zero-order valence-corrected chi connectivity index (χ0v) is 11.9. The predicted molar refractivity (Wildman–Crippen MR) is 79.9 cm³/mol. The summed E-state index contributed by atoms with van der Waals surface area (Å²) in [6.45, 7) is 0.328. The van der Waals surface area contributed by atoms with Crippen molar-refractivity contribution in [1.29, 1.82) is 0 Å². The topological polar surface area (TPSA) is 90.8 Å². The Hall–Kier alpha value is -2.34. The summed E-state index contributed by atoms with van der Waals surface area (Å²) in [5, 5.41) is 14.5. The monoisotopic (exact) mass is 307 g/mol. The zero-order valence-electron chi connectivity index (χ0n) is 11.1. The fraction of sp³-hybridized carbons (Fsp3) is 0.214. The Balaban J connectivity index is 2.01. The highest BCUT2D eigenvalue weighted by atomic mass is 35.5. The van der Waals surface area contributed by atoms with E-state index in [1.54, 1.807) is 18.2 Å². The number of amides is 1. The first-order chi connectivity index (χ1) is 10.1. The first-order valence-electron chi connectivity index (χ1n) is 6.37. The number of benzene rings is 1. The first-order valence-corrected chi connectivity index (χ1v) is 6.75. The summed E-state index contributed by atoms with van der Waals surface area (Å²) in [5.41, 5.74) is 1.07. The number of carboxylic acids is 1. The maximum absolute atomic E-state index is 11.8. The van der Waals surface area contributed by atoms with E-state index in [1.165, 1.54) is 0 Å². The molecule has 0 aromatic heterocycles. The van der Waals surface area contributed by atoms with Crippen LogP contribution in [0, 0.1) is 0 Å². The smallest absolute Gasteiger partial charge is 0.303 e. The van der Waals surface area contributed by atoms with E-state index in [4.69, 9.17) is 16.7 Å². The molecule has 3 N–H and O–H groups in total. The van der Waals surface area contributed by atoms with Gasteiger partial charge in [0.15, 0.2) is 0 Å². The Morgan fingerprint density at radius 2 is 2.10 bits per heavy atom. The number of guanidine groups is 1. The second-order valence-corrected chi connectivity index (χ2v) is 4.79. The van der Waals surface area contributed by atoms with Crippen molar-refractivity contribution in [3.05, 3.63) is 40.5 Å². The molecular formula is C14H14ClN3O3. The van der Waals surface area contributed by atoms with Gasteiger partial charge in [0.1, 0.15) is 5.70 Å². The summed E-state index contributed by atoms with van der Waals surface area (Å²) in [6, 6.07) is 7.17. The number of carboxylic acid groups (broad SMARTS) is 1. The fourth-order valence-electron chi connectivity index (χ4n) is 1.74. The van der Waals surface area contributed by atoms with Gasteiger partial charge in [-0.15, -0.1) is 0 Å². The summed E-state index contributed by atoms with van der Waals surface area (Å²) in [6.07, 6.45) is 2.10. The van der Waals surface area contributed by atoms with Gasteiger partial charge in [-0.3, -0.25) is 19.9 Å². The molecule has 1 amide bonds. The Morgan fingerprint density at radius 3 is 2.81 bits per heavy atom. The maximum atomic E-state index is 11.8. The van der Waals surface area contributed by atoms with E-state index >= 15 is 0 Å². The lowest BCUT2D eigenvalue weighted by Crippen LogP contribution is -2.25. The van der Waals surface area contributed by atoms with Gasteiger partial charge in [0.2, 0.25) is 5.96 Å². The Bertz CT molecular complexity index is 626. The maximum Gasteiger partial charge on any atom is 0.303 e. The number of carbonyl (C=O) groups excluding carboxylic acids is 1. The molecular weight excluding hydrogens is 294 g/mol. The minimum Gasteiger partial charge on any atom is -0.481 e. The second kappa shape index (κ2) is 6.90. The van der Waals surface area contributed by atoms with Gasteiger partial charge in [-0.2, -0.15) is 0 Å². The Labute approximate surface area is 126 Å². The van der Waals surface area contributed by atoms with Crippen LogP contribution < -0.4 is 10.6 Å². The van der Waals surface area contributed by atoms with Crippen LogP contribution in [0.1, 0.15) is 18.4 Å². The van der Waals surface area contributed by atoms with E-state index in [0.29, 0.717) is 29.6 Å². The van der Waals surface area contributed by atoms with Gasteiger partial charge in [0, 0.05) is 18.0 Å². The van der Waals surface area contributed by atoms with Crippen molar-refractivity contribution in [2.45, 2.75) is 12.8 Å². The summed E-state index contributed by atoms with van der Waals surface area (Å²) < 4.78 is 0. The van der Waals surface area contributed by atoms with Crippen LogP contribution in [0.15, 0.2) is 35.0 Å². The van der Waals surface area contributed by atoms with Crippen LogP contribution >= 0.6 is 11.6 Å². The molecule has 0 saturated carbocycles. The van der Waals surface area contributed by atoms with Crippen LogP contribution in [0.5, 0.6) is 0 Å². The van der Waals surface area contributed by atoms with Gasteiger partial charge in [-0.05, 0) is 24.1 Å². The van der Waals surface area contributed by atoms with E-state index < -0.39 is 5.97 Å². The zero-order chi connectivity index (χ0) is 15.2. The Kier molecular flexibility index (Phi) is 4.94. The molecule has 0 aliphatic carbocycles. The molecule has 0 spiro atoms. The molecule has 0 unspecified atom stereocenters. The van der Waals surface area contributed by atoms with Crippen LogP contribution in [0.25, 0.3) is 6.08 Å². The molecule has 0 radical (unpaired) electrons. The number of nitrogens with one attached hydrogen (secondary N) is 2. The number of aliphatic imine (C=N–C) groups is 1. The first kappa shape index (κ1) is 15.1. The van der Waals surface area contributed by atoms with E-state index in [1.807, 2.05) is 12.1 Å². The molecule has 7 heteroatoms. The van der Waals surface area contributed by atoms with Gasteiger partial charge in [0.25, 0.3) is 5.91 Å². The molecule has 6 nitrogen and oxygen atoms in total. The van der Waals surface area contributed by atoms with Gasteiger partial charge >= 0.3 is 5.97 Å². The standard InChI is InChI=1S/C14H14ClN3O3/c15-10-5-2-1-4-9(10)8-11-13(21)18-14(17-11)16-7-3-6-12(19)20/h1-2,4-5,8H,3,6-7H2,(H,19,20)(H2,16,17,18,21). The van der Waals surface area contributed by atoms with Crippen molar-refractivity contribution >= 4 is 35.5 Å². The fourth-order valence-corrected chi connectivity index (χ4v) is 1.93. The number of aliphatic carboxylic acids is 1. The summed E-state index contributed by atoms with van der Waals surface area (Å²) in [5.74, 6) is -0.839. The molecule has 110 valence electrons. The predicted octanol–water partition coefficient (Wildman–Crippen LogP) is 1.62. The second-order valence-electron chi connectivity index (χ2n) is 4.39. The summed E-state index contributed by atoms with van der Waals surface area (Å²) >= 11 is 6.03. The molecule has 1 aromatic carbocycles. The molecule has 1 aliphatic heterocycles. The molecule has 1 aliphatic rings. The lowest BCUT2D eigenvalue weighted by Gasteiger charge is -1.99. The summed E-state index contributed by atoms with van der Waals surface area (Å²) in [7, 11) is 0. The van der Waals surface area contributed by atoms with Crippen molar-refractivity contribution in [2.75, 3.05) is 6.54 Å². The molecule has 1 heterocycles. The van der Waals surface area contributed by atoms with Gasteiger partial charge in [-0.1, -0.05) is 29.8 Å². The van der Waals surface area contributed by atoms with Crippen molar-refractivity contribution < 1.29 is 14.7 Å². The summed E-state index contributed by atoms with van der Waals surface area (Å²) in [4.78, 5) is 26.3. The van der Waals surface area contributed by atoms with Crippen LogP contribution in [0.4, 0.5) is 0 Å². The molecule has 1 saturated heterocycles. The molecule has 0 bridgehead atoms. The molecule has 1 aromatic rings. The van der Waals surface area contributed by atoms with Crippen LogP contribution in [-0.4, -0.2) is 29.5 Å². The van der Waals surface area contributed by atoms with Crippen LogP contribution in [0.3, 0.4) is 0 Å². The van der Waals surface area contributed by atoms with Gasteiger partial charge in [0.05, 0.1) is 0 Å². The normalized spacial score (nSPS) is 17.9. The van der Waals surface area contributed by atoms with Crippen LogP contribution in [-0.2, 0) is 9.59 Å². The Morgan fingerprint density at radius 1 is 1.33 bits per heavy atom. The van der Waals surface area contributed by atoms with Crippen LogP contribution in [0.2, 0.25) is 5.02 Å². The number of nitrogens with zero attached hydrogens (tertiary/aromatic N) is 1. The minimum absolute atomic E-state index is 0.0487. The molecule has 1 fully saturated rings. The SMILES string of the molecule is O=C(O)CCCN=C1NC(=O)C(=Cc2ccccc2Cl)N1. The van der Waals surface area contributed by atoms with E-state index in [9.17, 15) is 9.59 Å². The molecule has 0 atom stereocenters. The third-order valence-corrected chi connectivity index (χ3v) is 3.10. The van der Waals surface area contributed by atoms with E-state index in [0.717, 1.165) is 5.56 Å². The van der Waals surface area contributed by atoms with Gasteiger partial charge < -0.3 is 10.4 Å². The highest BCUT2D eigenvalue weighted by Gasteiger charge is 2.21. The third kappa shape index (κ3) is 4.32. The highest BCUT2D eigenvalue weighted by molar-refractivity contribution is 6.32. The molecule has 2 rings (SSSR count). The average molecular weight is 308 g/mol. The van der Waals surface area contributed by atoms with Crippen molar-refractivity contribution in [3.8, 4) is 0 Å². The number of hydrogen-bond donors (Lipinski definition) is 3. The lowest BCUT2D eigenvalue weighted by atomic mass is 10.2. The number of halogens is 1. The number of carbonyl (C=O) groups is 2. The largest absolute Gasteiger partial charge is 0.481 e. The lowest BCUT2D eigenvalue weighted by molar-refractivity contribution is -0.137. The molecule has 21 heavy (non-hydrogen) atoms. The minimum atomic E-state index is -0.863. The quantitative estimate of drug-likeness (QED) is 0.569. The van der Waals surface area contributed by atoms with Crippen molar-refractivity contribution in [1.82, 2.24) is 10.6 Å². The van der Waals surface area contributed by atoms with Gasteiger partial charge in [-0.25, -0.2) is 0 Å². The average Bonchev–Trinajstić information content (AvgIpc) is 2.78. The highest BCUT2D eigenvalue weighted by Crippen LogP contribution is 2.18. The van der Waals surface area contributed by atoms with E-state index in [-0.39, 0.29) is 12.3 Å². The number of hydrogen-bond acceptors (Lipinski definition) is 3. The third-order valence-electron chi connectivity index (χ3n) is 2.75. The van der Waals surface area contributed by atoms with Crippen molar-refractivity contribution in [2.24, 2.45) is 4.99 Å². The van der Waals surface area contributed by atoms with Crippen molar-refractivity contribution in [3.63, 3.8) is 0 Å². The number of rotatable bonds is 5. The van der Waals surface area contributed by atoms with E-state index in [2.05, 4.69) is 15.6 Å².